The first-order valence-electron chi connectivity index (χ1n) is 9.21. The van der Waals surface area contributed by atoms with Crippen LogP contribution in [0.3, 0.4) is 0 Å². The topological polar surface area (TPSA) is 18.5 Å². The fraction of sp³-hybridized carbons (Fsp3) is 0.684. The smallest absolute Gasteiger partial charge is 0.0377 e. The van der Waals surface area contributed by atoms with Crippen LogP contribution in [0.25, 0.3) is 0 Å². The van der Waals surface area contributed by atoms with Gasteiger partial charge in [-0.05, 0) is 49.3 Å². The van der Waals surface area contributed by atoms with Gasteiger partial charge in [0.15, 0.2) is 0 Å². The standard InChI is InChI=1S/C19H29N3/c1-2-13-21(12-1)18-8-6-17(7-9-18)19(16-4-3-5-16)22-14-10-20-11-15-22/h6-9,16,19-20H,1-5,10-15H2/t19-/m0/s1. The molecule has 0 bridgehead atoms. The highest BCUT2D eigenvalue weighted by Gasteiger charge is 2.33. The third kappa shape index (κ3) is 2.89. The molecule has 120 valence electrons. The molecule has 1 aliphatic carbocycles. The van der Waals surface area contributed by atoms with Gasteiger partial charge in [-0.25, -0.2) is 0 Å². The van der Waals surface area contributed by atoms with Crippen molar-refractivity contribution in [1.29, 1.82) is 0 Å². The molecule has 3 fully saturated rings. The van der Waals surface area contributed by atoms with Crippen molar-refractivity contribution in [2.45, 2.75) is 38.1 Å². The lowest BCUT2D eigenvalue weighted by Crippen LogP contribution is -2.47. The Morgan fingerprint density at radius 3 is 2.14 bits per heavy atom. The van der Waals surface area contributed by atoms with Crippen molar-refractivity contribution in [2.24, 2.45) is 5.92 Å². The maximum Gasteiger partial charge on any atom is 0.0377 e. The molecule has 3 heteroatoms. The lowest BCUT2D eigenvalue weighted by Gasteiger charge is -2.43. The van der Waals surface area contributed by atoms with Gasteiger partial charge in [-0.3, -0.25) is 4.90 Å². The Labute approximate surface area is 134 Å². The Balaban J connectivity index is 1.53. The van der Waals surface area contributed by atoms with Crippen molar-refractivity contribution in [3.8, 4) is 0 Å². The number of piperazine rings is 1. The SMILES string of the molecule is c1cc(N2CCCC2)ccc1[C@H](C1CCC1)N1CCNCC1. The minimum Gasteiger partial charge on any atom is -0.372 e. The molecule has 1 atom stereocenters. The molecule has 1 aromatic rings. The number of rotatable bonds is 4. The minimum atomic E-state index is 0.656. The molecule has 2 saturated heterocycles. The van der Waals surface area contributed by atoms with Crippen LogP contribution in [0, 0.1) is 5.92 Å². The zero-order valence-electron chi connectivity index (χ0n) is 13.6. The molecule has 22 heavy (non-hydrogen) atoms. The molecule has 2 aliphatic heterocycles. The van der Waals surface area contributed by atoms with Crippen LogP contribution in [0.5, 0.6) is 0 Å². The second-order valence-corrected chi connectivity index (χ2v) is 7.21. The fourth-order valence-electron chi connectivity index (χ4n) is 4.35. The zero-order chi connectivity index (χ0) is 14.8. The van der Waals surface area contributed by atoms with Crippen molar-refractivity contribution >= 4 is 5.69 Å². The number of hydrogen-bond acceptors (Lipinski definition) is 3. The summed E-state index contributed by atoms with van der Waals surface area (Å²) in [7, 11) is 0. The maximum atomic E-state index is 3.49. The fourth-order valence-corrected chi connectivity index (χ4v) is 4.35. The van der Waals surface area contributed by atoms with Gasteiger partial charge in [0.05, 0.1) is 0 Å². The number of nitrogens with one attached hydrogen (secondary N) is 1. The molecule has 0 unspecified atom stereocenters. The van der Waals surface area contributed by atoms with Crippen LogP contribution in [0.2, 0.25) is 0 Å². The second kappa shape index (κ2) is 6.59. The number of benzene rings is 1. The quantitative estimate of drug-likeness (QED) is 0.922. The van der Waals surface area contributed by atoms with Crippen LogP contribution in [0.1, 0.15) is 43.7 Å². The van der Waals surface area contributed by atoms with Crippen LogP contribution >= 0.6 is 0 Å². The summed E-state index contributed by atoms with van der Waals surface area (Å²) in [4.78, 5) is 5.26. The first-order chi connectivity index (χ1) is 10.9. The molecule has 0 amide bonds. The van der Waals surface area contributed by atoms with Gasteiger partial charge < -0.3 is 10.2 Å². The first kappa shape index (κ1) is 14.5. The predicted octanol–water partition coefficient (Wildman–Crippen LogP) is 3.03. The third-order valence-corrected chi connectivity index (χ3v) is 5.85. The van der Waals surface area contributed by atoms with Crippen molar-refractivity contribution in [3.63, 3.8) is 0 Å². The summed E-state index contributed by atoms with van der Waals surface area (Å²) >= 11 is 0. The van der Waals surface area contributed by atoms with Crippen LogP contribution in [-0.4, -0.2) is 44.2 Å². The Morgan fingerprint density at radius 1 is 0.864 bits per heavy atom. The molecule has 2 heterocycles. The summed E-state index contributed by atoms with van der Waals surface area (Å²) in [5, 5.41) is 3.49. The normalized spacial score (nSPS) is 25.2. The molecule has 1 aromatic carbocycles. The van der Waals surface area contributed by atoms with Gasteiger partial charge in [-0.1, -0.05) is 18.6 Å². The first-order valence-corrected chi connectivity index (χ1v) is 9.21. The number of anilines is 1. The lowest BCUT2D eigenvalue weighted by molar-refractivity contribution is 0.0837. The summed E-state index contributed by atoms with van der Waals surface area (Å²) in [6, 6.07) is 10.2. The number of hydrogen-bond donors (Lipinski definition) is 1. The Bertz CT molecular complexity index is 468. The van der Waals surface area contributed by atoms with E-state index in [0.29, 0.717) is 6.04 Å². The van der Waals surface area contributed by atoms with E-state index >= 15 is 0 Å². The molecule has 1 saturated carbocycles. The van der Waals surface area contributed by atoms with Crippen LogP contribution in [0.4, 0.5) is 5.69 Å². The van der Waals surface area contributed by atoms with Crippen molar-refractivity contribution in [3.05, 3.63) is 29.8 Å². The average Bonchev–Trinajstić information content (AvgIpc) is 3.06. The molecule has 0 spiro atoms. The van der Waals surface area contributed by atoms with Gasteiger partial charge in [0.25, 0.3) is 0 Å². The van der Waals surface area contributed by atoms with Gasteiger partial charge in [0.1, 0.15) is 0 Å². The van der Waals surface area contributed by atoms with E-state index in [1.165, 1.54) is 64.0 Å². The molecule has 3 nitrogen and oxygen atoms in total. The largest absolute Gasteiger partial charge is 0.372 e. The summed E-state index contributed by atoms with van der Waals surface area (Å²) in [6.07, 6.45) is 6.98. The molecular weight excluding hydrogens is 270 g/mol. The Hall–Kier alpha value is -1.06. The number of nitrogens with zero attached hydrogens (tertiary/aromatic N) is 2. The van der Waals surface area contributed by atoms with Gasteiger partial charge in [-0.15, -0.1) is 0 Å². The van der Waals surface area contributed by atoms with Gasteiger partial charge >= 0.3 is 0 Å². The summed E-state index contributed by atoms with van der Waals surface area (Å²) in [5.41, 5.74) is 2.98. The maximum absolute atomic E-state index is 3.49. The Morgan fingerprint density at radius 2 is 1.55 bits per heavy atom. The molecule has 0 radical (unpaired) electrons. The van der Waals surface area contributed by atoms with E-state index in [0.717, 1.165) is 19.0 Å². The van der Waals surface area contributed by atoms with E-state index in [9.17, 15) is 0 Å². The molecule has 1 N–H and O–H groups in total. The van der Waals surface area contributed by atoms with E-state index in [2.05, 4.69) is 39.4 Å². The second-order valence-electron chi connectivity index (χ2n) is 7.21. The van der Waals surface area contributed by atoms with Crippen molar-refractivity contribution < 1.29 is 0 Å². The van der Waals surface area contributed by atoms with Gasteiger partial charge in [0, 0.05) is 51.0 Å². The molecule has 4 rings (SSSR count). The molecular formula is C19H29N3. The van der Waals surface area contributed by atoms with Crippen LogP contribution < -0.4 is 10.2 Å². The highest BCUT2D eigenvalue weighted by Crippen LogP contribution is 2.41. The Kier molecular flexibility index (Phi) is 4.35. The van der Waals surface area contributed by atoms with Crippen LogP contribution in [0.15, 0.2) is 24.3 Å². The molecule has 0 aromatic heterocycles. The summed E-state index contributed by atoms with van der Waals surface area (Å²) < 4.78 is 0. The highest BCUT2D eigenvalue weighted by atomic mass is 15.2. The van der Waals surface area contributed by atoms with Gasteiger partial charge in [0.2, 0.25) is 0 Å². The third-order valence-electron chi connectivity index (χ3n) is 5.85. The summed E-state index contributed by atoms with van der Waals surface area (Å²) in [6.45, 7) is 7.18. The van der Waals surface area contributed by atoms with Gasteiger partial charge in [-0.2, -0.15) is 0 Å². The van der Waals surface area contributed by atoms with E-state index in [1.807, 2.05) is 0 Å². The predicted molar refractivity (Wildman–Crippen MR) is 92.4 cm³/mol. The summed E-state index contributed by atoms with van der Waals surface area (Å²) in [5.74, 6) is 0.885. The van der Waals surface area contributed by atoms with E-state index < -0.39 is 0 Å². The van der Waals surface area contributed by atoms with Crippen LogP contribution in [-0.2, 0) is 0 Å². The zero-order valence-corrected chi connectivity index (χ0v) is 13.6. The highest BCUT2D eigenvalue weighted by molar-refractivity contribution is 5.48. The van der Waals surface area contributed by atoms with E-state index in [4.69, 9.17) is 0 Å². The van der Waals surface area contributed by atoms with Crippen molar-refractivity contribution in [2.75, 3.05) is 44.2 Å². The lowest BCUT2D eigenvalue weighted by atomic mass is 9.76. The van der Waals surface area contributed by atoms with E-state index in [1.54, 1.807) is 5.56 Å². The van der Waals surface area contributed by atoms with Crippen molar-refractivity contribution in [1.82, 2.24) is 10.2 Å². The molecule has 3 aliphatic rings. The monoisotopic (exact) mass is 299 g/mol. The average molecular weight is 299 g/mol. The minimum absolute atomic E-state index is 0.656. The van der Waals surface area contributed by atoms with E-state index in [-0.39, 0.29) is 0 Å².